The standard InChI is InChI=1S/C15H28N2OS/c1-19-14-8-6-7-13(11-14)16-12-15(18)17-9-4-2-3-5-10-17/h13-14,16H,2-12H2,1H3. The van der Waals surface area contributed by atoms with E-state index in [0.717, 1.165) is 18.3 Å². The predicted molar refractivity (Wildman–Crippen MR) is 82.6 cm³/mol. The van der Waals surface area contributed by atoms with Crippen molar-refractivity contribution in [2.24, 2.45) is 0 Å². The Morgan fingerprint density at radius 3 is 2.58 bits per heavy atom. The molecule has 2 aliphatic rings. The van der Waals surface area contributed by atoms with E-state index in [1.54, 1.807) is 0 Å². The van der Waals surface area contributed by atoms with Gasteiger partial charge in [0.25, 0.3) is 0 Å². The molecule has 0 bridgehead atoms. The molecule has 2 rings (SSSR count). The Balaban J connectivity index is 1.70. The molecule has 1 heterocycles. The summed E-state index contributed by atoms with van der Waals surface area (Å²) in [4.78, 5) is 14.3. The van der Waals surface area contributed by atoms with Crippen LogP contribution in [0, 0.1) is 0 Å². The van der Waals surface area contributed by atoms with Gasteiger partial charge in [0.1, 0.15) is 0 Å². The van der Waals surface area contributed by atoms with E-state index in [0.29, 0.717) is 18.5 Å². The summed E-state index contributed by atoms with van der Waals surface area (Å²) >= 11 is 1.98. The van der Waals surface area contributed by atoms with Crippen molar-refractivity contribution in [3.63, 3.8) is 0 Å². The van der Waals surface area contributed by atoms with Crippen molar-refractivity contribution < 1.29 is 4.79 Å². The van der Waals surface area contributed by atoms with Gasteiger partial charge in [0, 0.05) is 24.4 Å². The molecule has 0 radical (unpaired) electrons. The fraction of sp³-hybridized carbons (Fsp3) is 0.933. The van der Waals surface area contributed by atoms with E-state index in [9.17, 15) is 4.79 Å². The zero-order valence-corrected chi connectivity index (χ0v) is 13.0. The van der Waals surface area contributed by atoms with Crippen molar-refractivity contribution in [3.05, 3.63) is 0 Å². The maximum atomic E-state index is 12.2. The number of carbonyl (C=O) groups excluding carboxylic acids is 1. The second kappa shape index (κ2) is 8.15. The molecule has 3 nitrogen and oxygen atoms in total. The average molecular weight is 284 g/mol. The van der Waals surface area contributed by atoms with Crippen LogP contribution in [0.4, 0.5) is 0 Å². The third-order valence-corrected chi connectivity index (χ3v) is 5.55. The fourth-order valence-electron chi connectivity index (χ4n) is 3.21. The van der Waals surface area contributed by atoms with Gasteiger partial charge in [0.05, 0.1) is 6.54 Å². The molecule has 110 valence electrons. The molecule has 1 aliphatic heterocycles. The predicted octanol–water partition coefficient (Wildman–Crippen LogP) is 2.65. The maximum Gasteiger partial charge on any atom is 0.236 e. The average Bonchev–Trinajstić information content (AvgIpc) is 2.74. The van der Waals surface area contributed by atoms with Gasteiger partial charge in [-0.05, 0) is 38.4 Å². The van der Waals surface area contributed by atoms with Gasteiger partial charge in [-0.3, -0.25) is 4.79 Å². The van der Waals surface area contributed by atoms with Crippen LogP contribution in [0.5, 0.6) is 0 Å². The highest BCUT2D eigenvalue weighted by Gasteiger charge is 2.22. The van der Waals surface area contributed by atoms with Crippen molar-refractivity contribution in [2.75, 3.05) is 25.9 Å². The summed E-state index contributed by atoms with van der Waals surface area (Å²) in [6, 6.07) is 0.558. The zero-order chi connectivity index (χ0) is 13.5. The number of amides is 1. The van der Waals surface area contributed by atoms with Crippen molar-refractivity contribution in [1.29, 1.82) is 0 Å². The molecule has 0 aromatic rings. The molecule has 0 aromatic heterocycles. The van der Waals surface area contributed by atoms with E-state index in [1.807, 2.05) is 11.8 Å². The Hall–Kier alpha value is -0.220. The first-order chi connectivity index (χ1) is 9.29. The first-order valence-corrected chi connectivity index (χ1v) is 9.12. The van der Waals surface area contributed by atoms with Gasteiger partial charge in [0.2, 0.25) is 5.91 Å². The van der Waals surface area contributed by atoms with Gasteiger partial charge in [-0.15, -0.1) is 0 Å². The fourth-order valence-corrected chi connectivity index (χ4v) is 4.04. The molecule has 2 fully saturated rings. The van der Waals surface area contributed by atoms with Crippen LogP contribution in [0.3, 0.4) is 0 Å². The number of nitrogens with zero attached hydrogens (tertiary/aromatic N) is 1. The second-order valence-corrected chi connectivity index (χ2v) is 7.04. The minimum atomic E-state index is 0.313. The third-order valence-electron chi connectivity index (χ3n) is 4.46. The normalized spacial score (nSPS) is 29.0. The van der Waals surface area contributed by atoms with Crippen molar-refractivity contribution in [3.8, 4) is 0 Å². The van der Waals surface area contributed by atoms with Crippen LogP contribution >= 0.6 is 11.8 Å². The molecule has 2 unspecified atom stereocenters. The molecule has 2 atom stereocenters. The van der Waals surface area contributed by atoms with Gasteiger partial charge in [0.15, 0.2) is 0 Å². The van der Waals surface area contributed by atoms with E-state index in [1.165, 1.54) is 51.4 Å². The summed E-state index contributed by atoms with van der Waals surface area (Å²) in [5.41, 5.74) is 0. The van der Waals surface area contributed by atoms with Crippen molar-refractivity contribution in [2.45, 2.75) is 62.7 Å². The monoisotopic (exact) mass is 284 g/mol. The Labute approximate surface area is 121 Å². The highest BCUT2D eigenvalue weighted by molar-refractivity contribution is 7.99. The van der Waals surface area contributed by atoms with Crippen LogP contribution in [-0.2, 0) is 4.79 Å². The van der Waals surface area contributed by atoms with E-state index in [2.05, 4.69) is 16.5 Å². The number of hydrogen-bond donors (Lipinski definition) is 1. The van der Waals surface area contributed by atoms with E-state index < -0.39 is 0 Å². The molecular formula is C15H28N2OS. The molecule has 1 N–H and O–H groups in total. The lowest BCUT2D eigenvalue weighted by atomic mass is 9.95. The Morgan fingerprint density at radius 2 is 1.89 bits per heavy atom. The lowest BCUT2D eigenvalue weighted by molar-refractivity contribution is -0.130. The Morgan fingerprint density at radius 1 is 1.16 bits per heavy atom. The van der Waals surface area contributed by atoms with Crippen molar-refractivity contribution in [1.82, 2.24) is 10.2 Å². The summed E-state index contributed by atoms with van der Waals surface area (Å²) in [6.07, 6.45) is 12.3. The van der Waals surface area contributed by atoms with E-state index in [4.69, 9.17) is 0 Å². The number of thioether (sulfide) groups is 1. The highest BCUT2D eigenvalue weighted by Crippen LogP contribution is 2.26. The van der Waals surface area contributed by atoms with E-state index >= 15 is 0 Å². The largest absolute Gasteiger partial charge is 0.342 e. The maximum absolute atomic E-state index is 12.2. The zero-order valence-electron chi connectivity index (χ0n) is 12.2. The first-order valence-electron chi connectivity index (χ1n) is 7.83. The van der Waals surface area contributed by atoms with Crippen LogP contribution in [0.2, 0.25) is 0 Å². The van der Waals surface area contributed by atoms with E-state index in [-0.39, 0.29) is 0 Å². The van der Waals surface area contributed by atoms with Crippen LogP contribution in [-0.4, -0.2) is 48.0 Å². The topological polar surface area (TPSA) is 32.3 Å². The summed E-state index contributed by atoms with van der Waals surface area (Å²) < 4.78 is 0. The number of likely N-dealkylation sites (tertiary alicyclic amines) is 1. The minimum absolute atomic E-state index is 0.313. The van der Waals surface area contributed by atoms with Crippen LogP contribution in [0.1, 0.15) is 51.4 Å². The van der Waals surface area contributed by atoms with Gasteiger partial charge in [-0.1, -0.05) is 19.3 Å². The number of hydrogen-bond acceptors (Lipinski definition) is 3. The quantitative estimate of drug-likeness (QED) is 0.861. The molecular weight excluding hydrogens is 256 g/mol. The number of carbonyl (C=O) groups is 1. The third kappa shape index (κ3) is 4.99. The van der Waals surface area contributed by atoms with Crippen LogP contribution in [0.15, 0.2) is 0 Å². The number of rotatable bonds is 4. The molecule has 1 amide bonds. The Kier molecular flexibility index (Phi) is 6.51. The van der Waals surface area contributed by atoms with Crippen molar-refractivity contribution >= 4 is 17.7 Å². The summed E-state index contributed by atoms with van der Waals surface area (Å²) in [6.45, 7) is 2.49. The lowest BCUT2D eigenvalue weighted by Gasteiger charge is -2.29. The Bertz CT molecular complexity index is 277. The molecule has 1 aliphatic carbocycles. The molecule has 4 heteroatoms. The summed E-state index contributed by atoms with van der Waals surface area (Å²) in [7, 11) is 0. The van der Waals surface area contributed by atoms with Gasteiger partial charge in [-0.2, -0.15) is 11.8 Å². The van der Waals surface area contributed by atoms with Gasteiger partial charge in [-0.25, -0.2) is 0 Å². The summed E-state index contributed by atoms with van der Waals surface area (Å²) in [5.74, 6) is 0.313. The first kappa shape index (κ1) is 15.2. The van der Waals surface area contributed by atoms with Crippen LogP contribution < -0.4 is 5.32 Å². The second-order valence-electron chi connectivity index (χ2n) is 5.90. The highest BCUT2D eigenvalue weighted by atomic mass is 32.2. The lowest BCUT2D eigenvalue weighted by Crippen LogP contribution is -2.43. The number of nitrogens with one attached hydrogen (secondary N) is 1. The molecule has 1 saturated carbocycles. The molecule has 19 heavy (non-hydrogen) atoms. The smallest absolute Gasteiger partial charge is 0.236 e. The van der Waals surface area contributed by atoms with Gasteiger partial charge < -0.3 is 10.2 Å². The minimum Gasteiger partial charge on any atom is -0.342 e. The van der Waals surface area contributed by atoms with Gasteiger partial charge >= 0.3 is 0 Å². The molecule has 1 saturated heterocycles. The molecule has 0 aromatic carbocycles. The van der Waals surface area contributed by atoms with Crippen LogP contribution in [0.25, 0.3) is 0 Å². The molecule has 0 spiro atoms. The summed E-state index contributed by atoms with van der Waals surface area (Å²) in [5, 5.41) is 4.29. The SMILES string of the molecule is CSC1CCCC(NCC(=O)N2CCCCCC2)C1.